The fourth-order valence-corrected chi connectivity index (χ4v) is 3.98. The van der Waals surface area contributed by atoms with Gasteiger partial charge in [0.05, 0.1) is 6.61 Å². The Kier molecular flexibility index (Phi) is 5.21. The summed E-state index contributed by atoms with van der Waals surface area (Å²) in [6, 6.07) is 11.5. The fraction of sp³-hybridized carbons (Fsp3) is 0.238. The molecule has 1 amide bonds. The summed E-state index contributed by atoms with van der Waals surface area (Å²) in [5.74, 6) is 1.99. The molecule has 0 spiro atoms. The van der Waals surface area contributed by atoms with E-state index in [1.807, 2.05) is 47.0 Å². The maximum absolute atomic E-state index is 11.5. The van der Waals surface area contributed by atoms with E-state index in [0.29, 0.717) is 24.2 Å². The van der Waals surface area contributed by atoms with Gasteiger partial charge in [0.15, 0.2) is 5.82 Å². The maximum atomic E-state index is 11.5. The molecule has 0 saturated heterocycles. The molecule has 9 nitrogen and oxygen atoms in total. The molecule has 4 aromatic rings. The number of fused-ring (bicyclic) bond motifs is 1. The molecule has 0 bridgehead atoms. The summed E-state index contributed by atoms with van der Waals surface area (Å²) in [7, 11) is 0. The number of carbonyl (C=O) groups excluding carboxylic acids is 1. The molecule has 0 aliphatic heterocycles. The first-order valence-corrected chi connectivity index (χ1v) is 10.9. The van der Waals surface area contributed by atoms with Crippen molar-refractivity contribution in [3.8, 4) is 0 Å². The zero-order valence-electron chi connectivity index (χ0n) is 16.8. The highest BCUT2D eigenvalue weighted by atomic mass is 32.2. The standard InChI is InChI=1S/C21H21N7O2S/c1-2-30-21(29)23-14-5-7-15(8-6-14)31-19-12-18-22-9-10-28(18)20(25-19)24-17-11-16(26-27-17)13-3-4-13/h5-13H,2-4H2,1H3,(H,23,29)(H2,24,25,26,27). The molecular formula is C21H21N7O2S. The zero-order chi connectivity index (χ0) is 21.2. The predicted octanol–water partition coefficient (Wildman–Crippen LogP) is 4.79. The topological polar surface area (TPSA) is 109 Å². The number of benzene rings is 1. The Balaban J connectivity index is 1.34. The van der Waals surface area contributed by atoms with Crippen molar-refractivity contribution in [3.05, 3.63) is 54.5 Å². The summed E-state index contributed by atoms with van der Waals surface area (Å²) in [5, 5.41) is 14.2. The number of hydrogen-bond acceptors (Lipinski definition) is 7. The van der Waals surface area contributed by atoms with Crippen molar-refractivity contribution in [3.63, 3.8) is 0 Å². The van der Waals surface area contributed by atoms with Crippen LogP contribution < -0.4 is 10.6 Å². The second-order valence-electron chi connectivity index (χ2n) is 7.15. The number of carbonyl (C=O) groups is 1. The average molecular weight is 436 g/mol. The van der Waals surface area contributed by atoms with E-state index in [1.54, 1.807) is 13.1 Å². The van der Waals surface area contributed by atoms with E-state index in [9.17, 15) is 4.79 Å². The first-order chi connectivity index (χ1) is 15.2. The Bertz CT molecular complexity index is 1210. The molecule has 3 N–H and O–H groups in total. The summed E-state index contributed by atoms with van der Waals surface area (Å²) in [6.07, 6.45) is 5.57. The molecular weight excluding hydrogens is 414 g/mol. The van der Waals surface area contributed by atoms with Crippen LogP contribution in [0.15, 0.2) is 58.7 Å². The number of anilines is 3. The van der Waals surface area contributed by atoms with Crippen molar-refractivity contribution in [2.45, 2.75) is 35.6 Å². The van der Waals surface area contributed by atoms with Gasteiger partial charge in [0.25, 0.3) is 0 Å². The molecule has 1 saturated carbocycles. The van der Waals surface area contributed by atoms with Crippen molar-refractivity contribution >= 4 is 41.0 Å². The van der Waals surface area contributed by atoms with Crippen LogP contribution in [0.5, 0.6) is 0 Å². The SMILES string of the molecule is CCOC(=O)Nc1ccc(Sc2cc3nccn3c(Nc3cc(C4CC4)[nH]n3)n2)cc1. The van der Waals surface area contributed by atoms with Gasteiger partial charge in [-0.3, -0.25) is 14.8 Å². The van der Waals surface area contributed by atoms with Gasteiger partial charge >= 0.3 is 6.09 Å². The molecule has 3 heterocycles. The second kappa shape index (κ2) is 8.31. The smallest absolute Gasteiger partial charge is 0.411 e. The molecule has 0 unspecified atom stereocenters. The third-order valence-electron chi connectivity index (χ3n) is 4.82. The maximum Gasteiger partial charge on any atom is 0.411 e. The number of H-pyrrole nitrogens is 1. The summed E-state index contributed by atoms with van der Waals surface area (Å²) < 4.78 is 6.79. The number of rotatable bonds is 7. The van der Waals surface area contributed by atoms with Gasteiger partial charge in [-0.05, 0) is 44.0 Å². The number of aromatic amines is 1. The van der Waals surface area contributed by atoms with E-state index in [1.165, 1.54) is 24.6 Å². The quantitative estimate of drug-likeness (QED) is 0.358. The molecule has 10 heteroatoms. The van der Waals surface area contributed by atoms with Crippen LogP contribution in [0.4, 0.5) is 22.2 Å². The summed E-state index contributed by atoms with van der Waals surface area (Å²) in [5.41, 5.74) is 2.62. The Labute approximate surface area is 182 Å². The minimum Gasteiger partial charge on any atom is -0.450 e. The number of ether oxygens (including phenoxy) is 1. The lowest BCUT2D eigenvalue weighted by Crippen LogP contribution is -2.12. The van der Waals surface area contributed by atoms with Crippen LogP contribution in [0.25, 0.3) is 5.65 Å². The molecule has 3 aromatic heterocycles. The van der Waals surface area contributed by atoms with Crippen molar-refractivity contribution in [2.75, 3.05) is 17.2 Å². The molecule has 1 aromatic carbocycles. The molecule has 158 valence electrons. The van der Waals surface area contributed by atoms with Gasteiger partial charge in [0.2, 0.25) is 5.95 Å². The van der Waals surface area contributed by atoms with Crippen LogP contribution >= 0.6 is 11.8 Å². The van der Waals surface area contributed by atoms with Gasteiger partial charge in [-0.15, -0.1) is 0 Å². The number of aromatic nitrogens is 5. The molecule has 1 aliphatic carbocycles. The lowest BCUT2D eigenvalue weighted by atomic mass is 10.3. The molecule has 0 atom stereocenters. The summed E-state index contributed by atoms with van der Waals surface area (Å²) in [6.45, 7) is 2.10. The third kappa shape index (κ3) is 4.48. The Morgan fingerprint density at radius 1 is 1.29 bits per heavy atom. The number of amides is 1. The van der Waals surface area contributed by atoms with Crippen LogP contribution in [0.3, 0.4) is 0 Å². The van der Waals surface area contributed by atoms with E-state index < -0.39 is 6.09 Å². The van der Waals surface area contributed by atoms with E-state index in [0.717, 1.165) is 27.1 Å². The fourth-order valence-electron chi connectivity index (χ4n) is 3.17. The van der Waals surface area contributed by atoms with Crippen LogP contribution in [0.1, 0.15) is 31.4 Å². The van der Waals surface area contributed by atoms with Gasteiger partial charge in [-0.2, -0.15) is 5.10 Å². The molecule has 1 fully saturated rings. The van der Waals surface area contributed by atoms with E-state index in [-0.39, 0.29) is 0 Å². The van der Waals surface area contributed by atoms with Crippen LogP contribution in [-0.4, -0.2) is 37.3 Å². The van der Waals surface area contributed by atoms with Gasteiger partial charge in [0, 0.05) is 46.7 Å². The van der Waals surface area contributed by atoms with Gasteiger partial charge in [-0.1, -0.05) is 11.8 Å². The minimum absolute atomic E-state index is 0.332. The Morgan fingerprint density at radius 2 is 2.13 bits per heavy atom. The third-order valence-corrected chi connectivity index (χ3v) is 5.75. The van der Waals surface area contributed by atoms with Crippen molar-refractivity contribution < 1.29 is 9.53 Å². The number of nitrogens with one attached hydrogen (secondary N) is 3. The van der Waals surface area contributed by atoms with Crippen molar-refractivity contribution in [1.29, 1.82) is 0 Å². The van der Waals surface area contributed by atoms with E-state index in [2.05, 4.69) is 25.8 Å². The molecule has 1 aliphatic rings. The number of imidazole rings is 1. The lowest BCUT2D eigenvalue weighted by Gasteiger charge is -2.09. The predicted molar refractivity (Wildman–Crippen MR) is 118 cm³/mol. The van der Waals surface area contributed by atoms with E-state index >= 15 is 0 Å². The van der Waals surface area contributed by atoms with Gasteiger partial charge in [0.1, 0.15) is 10.7 Å². The molecule has 0 radical (unpaired) electrons. The summed E-state index contributed by atoms with van der Waals surface area (Å²) in [4.78, 5) is 21.7. The highest BCUT2D eigenvalue weighted by Gasteiger charge is 2.25. The normalized spacial score (nSPS) is 13.3. The number of hydrogen-bond donors (Lipinski definition) is 3. The zero-order valence-corrected chi connectivity index (χ0v) is 17.6. The highest BCUT2D eigenvalue weighted by Crippen LogP contribution is 2.39. The molecule has 5 rings (SSSR count). The number of nitrogens with zero attached hydrogens (tertiary/aromatic N) is 4. The van der Waals surface area contributed by atoms with Crippen LogP contribution in [-0.2, 0) is 4.74 Å². The average Bonchev–Trinajstić information content (AvgIpc) is 3.31. The van der Waals surface area contributed by atoms with Crippen molar-refractivity contribution in [2.24, 2.45) is 0 Å². The lowest BCUT2D eigenvalue weighted by molar-refractivity contribution is 0.168. The van der Waals surface area contributed by atoms with Crippen molar-refractivity contribution in [1.82, 2.24) is 24.6 Å². The Hall–Kier alpha value is -3.53. The molecule has 31 heavy (non-hydrogen) atoms. The first kappa shape index (κ1) is 19.4. The first-order valence-electron chi connectivity index (χ1n) is 10.1. The largest absolute Gasteiger partial charge is 0.450 e. The van der Waals surface area contributed by atoms with Gasteiger partial charge < -0.3 is 10.1 Å². The monoisotopic (exact) mass is 435 g/mol. The van der Waals surface area contributed by atoms with Crippen LogP contribution in [0, 0.1) is 0 Å². The van der Waals surface area contributed by atoms with Gasteiger partial charge in [-0.25, -0.2) is 14.8 Å². The minimum atomic E-state index is -0.465. The summed E-state index contributed by atoms with van der Waals surface area (Å²) >= 11 is 1.51. The Morgan fingerprint density at radius 3 is 2.90 bits per heavy atom. The highest BCUT2D eigenvalue weighted by molar-refractivity contribution is 7.99. The second-order valence-corrected chi connectivity index (χ2v) is 8.25. The van der Waals surface area contributed by atoms with Crippen LogP contribution in [0.2, 0.25) is 0 Å². The van der Waals surface area contributed by atoms with E-state index in [4.69, 9.17) is 9.72 Å².